The van der Waals surface area contributed by atoms with Gasteiger partial charge in [0.05, 0.1) is 4.75 Å². The van der Waals surface area contributed by atoms with Gasteiger partial charge >= 0.3 is 0 Å². The van der Waals surface area contributed by atoms with Crippen molar-refractivity contribution in [2.24, 2.45) is 17.3 Å². The molecule has 0 radical (unpaired) electrons. The molecule has 0 bridgehead atoms. The standard InChI is InChI=1S/C21H28N2O2S/c1-20(2,3)18(24)22-11-15-13-23(14-16(15)12-22)19(25)21(9-10-21)26-17-7-5-4-6-8-17/h4-8,15-16H,9-14H2,1-3H3/t15-,16+. The average molecular weight is 373 g/mol. The van der Waals surface area contributed by atoms with Crippen molar-refractivity contribution in [1.29, 1.82) is 0 Å². The SMILES string of the molecule is CC(C)(C)C(=O)N1C[C@@H]2CN(C(=O)C3(Sc4ccccc4)CC3)C[C@@H]2C1. The summed E-state index contributed by atoms with van der Waals surface area (Å²) >= 11 is 1.73. The molecule has 3 fully saturated rings. The normalized spacial score (nSPS) is 26.7. The van der Waals surface area contributed by atoms with Gasteiger partial charge in [-0.3, -0.25) is 9.59 Å². The first kappa shape index (κ1) is 17.9. The van der Waals surface area contributed by atoms with Crippen molar-refractivity contribution in [3.63, 3.8) is 0 Å². The van der Waals surface area contributed by atoms with Gasteiger partial charge in [-0.2, -0.15) is 0 Å². The number of carbonyl (C=O) groups is 2. The predicted octanol–water partition coefficient (Wildman–Crippen LogP) is 3.27. The van der Waals surface area contributed by atoms with Gasteiger partial charge in [-0.25, -0.2) is 0 Å². The van der Waals surface area contributed by atoms with E-state index in [0.717, 1.165) is 39.0 Å². The van der Waals surface area contributed by atoms with Crippen LogP contribution in [-0.2, 0) is 9.59 Å². The van der Waals surface area contributed by atoms with Crippen molar-refractivity contribution in [1.82, 2.24) is 9.80 Å². The molecule has 1 aromatic carbocycles. The Bertz CT molecular complexity index is 694. The maximum atomic E-state index is 13.2. The number of hydrogen-bond donors (Lipinski definition) is 0. The van der Waals surface area contributed by atoms with Gasteiger partial charge < -0.3 is 9.80 Å². The number of fused-ring (bicyclic) bond motifs is 1. The molecule has 2 amide bonds. The van der Waals surface area contributed by atoms with E-state index in [1.807, 2.05) is 43.9 Å². The quantitative estimate of drug-likeness (QED) is 0.818. The van der Waals surface area contributed by atoms with Crippen LogP contribution in [0.4, 0.5) is 0 Å². The second-order valence-corrected chi connectivity index (χ2v) is 10.6. The molecule has 0 N–H and O–H groups in total. The second-order valence-electron chi connectivity index (χ2n) is 9.10. The van der Waals surface area contributed by atoms with Gasteiger partial charge in [-0.15, -0.1) is 11.8 Å². The molecule has 0 aromatic heterocycles. The lowest BCUT2D eigenvalue weighted by atomic mass is 9.95. The first-order valence-electron chi connectivity index (χ1n) is 9.61. The molecule has 2 heterocycles. The molecule has 140 valence electrons. The Morgan fingerprint density at radius 3 is 2.00 bits per heavy atom. The van der Waals surface area contributed by atoms with E-state index in [0.29, 0.717) is 17.7 Å². The lowest BCUT2D eigenvalue weighted by Crippen LogP contribution is -2.42. The van der Waals surface area contributed by atoms with E-state index in [4.69, 9.17) is 0 Å². The fourth-order valence-electron chi connectivity index (χ4n) is 4.27. The van der Waals surface area contributed by atoms with Gasteiger partial charge in [-0.05, 0) is 25.0 Å². The summed E-state index contributed by atoms with van der Waals surface area (Å²) in [5.41, 5.74) is -0.321. The van der Waals surface area contributed by atoms with E-state index in [2.05, 4.69) is 17.0 Å². The fraction of sp³-hybridized carbons (Fsp3) is 0.619. The van der Waals surface area contributed by atoms with Crippen LogP contribution >= 0.6 is 11.8 Å². The van der Waals surface area contributed by atoms with Crippen LogP contribution < -0.4 is 0 Å². The van der Waals surface area contributed by atoms with Crippen LogP contribution in [0.1, 0.15) is 33.6 Å². The minimum atomic E-state index is -0.321. The molecule has 4 nitrogen and oxygen atoms in total. The summed E-state index contributed by atoms with van der Waals surface area (Å²) in [6.45, 7) is 9.19. The number of amides is 2. The molecule has 0 unspecified atom stereocenters. The maximum Gasteiger partial charge on any atom is 0.239 e. The van der Waals surface area contributed by atoms with Gasteiger partial charge in [0, 0.05) is 48.3 Å². The highest BCUT2D eigenvalue weighted by Crippen LogP contribution is 2.53. The van der Waals surface area contributed by atoms with Gasteiger partial charge in [0.2, 0.25) is 11.8 Å². The number of thioether (sulfide) groups is 1. The summed E-state index contributed by atoms with van der Waals surface area (Å²) in [5.74, 6) is 1.45. The Morgan fingerprint density at radius 2 is 1.50 bits per heavy atom. The van der Waals surface area contributed by atoms with Crippen LogP contribution in [0.2, 0.25) is 0 Å². The smallest absolute Gasteiger partial charge is 0.239 e. The van der Waals surface area contributed by atoms with E-state index in [-0.39, 0.29) is 16.1 Å². The summed E-state index contributed by atoms with van der Waals surface area (Å²) in [6.07, 6.45) is 1.96. The fourth-order valence-corrected chi connectivity index (χ4v) is 5.54. The third kappa shape index (κ3) is 3.26. The Balaban J connectivity index is 1.37. The van der Waals surface area contributed by atoms with E-state index in [1.165, 1.54) is 4.90 Å². The van der Waals surface area contributed by atoms with Gasteiger partial charge in [0.15, 0.2) is 0 Å². The Hall–Kier alpha value is -1.49. The topological polar surface area (TPSA) is 40.6 Å². The molecule has 2 saturated heterocycles. The van der Waals surface area contributed by atoms with Crippen LogP contribution in [0.5, 0.6) is 0 Å². The molecule has 0 spiro atoms. The van der Waals surface area contributed by atoms with Crippen molar-refractivity contribution in [3.8, 4) is 0 Å². The molecule has 1 saturated carbocycles. The van der Waals surface area contributed by atoms with E-state index < -0.39 is 0 Å². The van der Waals surface area contributed by atoms with E-state index in [9.17, 15) is 9.59 Å². The number of nitrogens with zero attached hydrogens (tertiary/aromatic N) is 2. The van der Waals surface area contributed by atoms with Crippen LogP contribution in [0, 0.1) is 17.3 Å². The molecule has 5 heteroatoms. The Labute approximate surface area is 160 Å². The second kappa shape index (κ2) is 6.29. The Kier molecular flexibility index (Phi) is 4.33. The molecule has 3 aliphatic rings. The highest BCUT2D eigenvalue weighted by molar-refractivity contribution is 8.01. The largest absolute Gasteiger partial charge is 0.342 e. The van der Waals surface area contributed by atoms with Gasteiger partial charge in [0.25, 0.3) is 0 Å². The molecule has 1 aromatic rings. The van der Waals surface area contributed by atoms with E-state index >= 15 is 0 Å². The third-order valence-electron chi connectivity index (χ3n) is 5.85. The molecule has 26 heavy (non-hydrogen) atoms. The number of rotatable bonds is 3. The van der Waals surface area contributed by atoms with Crippen LogP contribution in [0.15, 0.2) is 35.2 Å². The van der Waals surface area contributed by atoms with Crippen LogP contribution in [-0.4, -0.2) is 52.5 Å². The molecule has 2 atom stereocenters. The zero-order valence-electron chi connectivity index (χ0n) is 15.9. The summed E-state index contributed by atoms with van der Waals surface area (Å²) in [7, 11) is 0. The maximum absolute atomic E-state index is 13.2. The molecule has 1 aliphatic carbocycles. The van der Waals surface area contributed by atoms with E-state index in [1.54, 1.807) is 11.8 Å². The van der Waals surface area contributed by atoms with Crippen LogP contribution in [0.3, 0.4) is 0 Å². The summed E-state index contributed by atoms with van der Waals surface area (Å²) in [4.78, 5) is 31.0. The first-order valence-corrected chi connectivity index (χ1v) is 10.4. The molecule has 4 rings (SSSR count). The summed E-state index contributed by atoms with van der Waals surface area (Å²) in [6, 6.07) is 10.3. The summed E-state index contributed by atoms with van der Waals surface area (Å²) < 4.78 is -0.235. The number of carbonyl (C=O) groups excluding carboxylic acids is 2. The van der Waals surface area contributed by atoms with Crippen molar-refractivity contribution in [3.05, 3.63) is 30.3 Å². The lowest BCUT2D eigenvalue weighted by Gasteiger charge is -2.28. The highest BCUT2D eigenvalue weighted by Gasteiger charge is 2.55. The minimum Gasteiger partial charge on any atom is -0.342 e. The predicted molar refractivity (Wildman–Crippen MR) is 104 cm³/mol. The number of likely N-dealkylation sites (tertiary alicyclic amines) is 2. The third-order valence-corrected chi connectivity index (χ3v) is 7.33. The molecular weight excluding hydrogens is 344 g/mol. The summed E-state index contributed by atoms with van der Waals surface area (Å²) in [5, 5.41) is 0. The monoisotopic (exact) mass is 372 g/mol. The van der Waals surface area contributed by atoms with Crippen molar-refractivity contribution in [2.75, 3.05) is 26.2 Å². The molecule has 2 aliphatic heterocycles. The van der Waals surface area contributed by atoms with Gasteiger partial charge in [-0.1, -0.05) is 39.0 Å². The zero-order valence-corrected chi connectivity index (χ0v) is 16.7. The average Bonchev–Trinajstić information content (AvgIpc) is 3.10. The van der Waals surface area contributed by atoms with Crippen molar-refractivity contribution in [2.45, 2.75) is 43.3 Å². The number of benzene rings is 1. The Morgan fingerprint density at radius 1 is 0.962 bits per heavy atom. The highest BCUT2D eigenvalue weighted by atomic mass is 32.2. The lowest BCUT2D eigenvalue weighted by molar-refractivity contribution is -0.138. The minimum absolute atomic E-state index is 0.235. The first-order chi connectivity index (χ1) is 12.3. The van der Waals surface area contributed by atoms with Crippen LogP contribution in [0.25, 0.3) is 0 Å². The van der Waals surface area contributed by atoms with Crippen molar-refractivity contribution >= 4 is 23.6 Å². The van der Waals surface area contributed by atoms with Crippen molar-refractivity contribution < 1.29 is 9.59 Å². The number of hydrogen-bond acceptors (Lipinski definition) is 3. The molecular formula is C21H28N2O2S. The van der Waals surface area contributed by atoms with Gasteiger partial charge in [0.1, 0.15) is 0 Å². The zero-order chi connectivity index (χ0) is 18.5.